The fraction of sp³-hybridized carbons (Fsp3) is 0.529. The third-order valence-corrected chi connectivity index (χ3v) is 5.25. The summed E-state index contributed by atoms with van der Waals surface area (Å²) in [6.45, 7) is 4.28. The molecule has 0 saturated heterocycles. The zero-order chi connectivity index (χ0) is 13.6. The monoisotopic (exact) mass is 258 g/mol. The molecule has 0 amide bonds. The molecule has 0 aliphatic heterocycles. The van der Waals surface area contributed by atoms with Crippen molar-refractivity contribution in [1.82, 2.24) is 0 Å². The fourth-order valence-corrected chi connectivity index (χ4v) is 3.83. The summed E-state index contributed by atoms with van der Waals surface area (Å²) in [5.74, 6) is 0.832. The molecule has 2 aliphatic carbocycles. The number of aromatic hydroxyl groups is 1. The molecule has 102 valence electrons. The maximum atomic E-state index is 10.2. The zero-order valence-corrected chi connectivity index (χ0v) is 11.7. The van der Waals surface area contributed by atoms with Gasteiger partial charge in [-0.1, -0.05) is 19.1 Å². The maximum Gasteiger partial charge on any atom is 0.115 e. The van der Waals surface area contributed by atoms with Crippen molar-refractivity contribution < 1.29 is 10.2 Å². The highest BCUT2D eigenvalue weighted by atomic mass is 16.3. The van der Waals surface area contributed by atoms with Gasteiger partial charge < -0.3 is 10.2 Å². The number of benzene rings is 1. The Morgan fingerprint density at radius 2 is 2.05 bits per heavy atom. The minimum absolute atomic E-state index is 0.0777. The summed E-state index contributed by atoms with van der Waals surface area (Å²) < 4.78 is 0. The number of aryl methyl sites for hydroxylation is 1. The fourth-order valence-electron chi connectivity index (χ4n) is 3.83. The molecule has 1 saturated carbocycles. The van der Waals surface area contributed by atoms with Gasteiger partial charge in [0.25, 0.3) is 0 Å². The largest absolute Gasteiger partial charge is 0.508 e. The Morgan fingerprint density at radius 3 is 2.79 bits per heavy atom. The molecule has 1 aromatic rings. The van der Waals surface area contributed by atoms with Gasteiger partial charge in [-0.15, -0.1) is 0 Å². The second-order valence-corrected chi connectivity index (χ2v) is 6.40. The van der Waals surface area contributed by atoms with Crippen molar-refractivity contribution >= 4 is 5.57 Å². The molecule has 0 spiro atoms. The molecule has 0 heterocycles. The van der Waals surface area contributed by atoms with Crippen LogP contribution < -0.4 is 0 Å². The molecule has 2 nitrogen and oxygen atoms in total. The van der Waals surface area contributed by atoms with E-state index in [1.165, 1.54) is 11.1 Å². The van der Waals surface area contributed by atoms with Crippen LogP contribution in [-0.2, 0) is 0 Å². The van der Waals surface area contributed by atoms with Crippen molar-refractivity contribution in [3.8, 4) is 5.75 Å². The van der Waals surface area contributed by atoms with Gasteiger partial charge in [-0.3, -0.25) is 0 Å². The molecule has 0 bridgehead atoms. The lowest BCUT2D eigenvalue weighted by Gasteiger charge is -2.37. The molecule has 2 heteroatoms. The maximum absolute atomic E-state index is 10.2. The SMILES string of the molecule is Cc1cc(O)ccc1C1=C[C@@H]2CC[C@H](O)[C@@]2(C)CC1. The van der Waals surface area contributed by atoms with Crippen LogP contribution >= 0.6 is 0 Å². The molecule has 0 radical (unpaired) electrons. The minimum atomic E-state index is -0.142. The van der Waals surface area contributed by atoms with E-state index in [1.807, 2.05) is 19.1 Å². The first-order valence-electron chi connectivity index (χ1n) is 7.19. The van der Waals surface area contributed by atoms with Crippen LogP contribution in [0, 0.1) is 18.3 Å². The van der Waals surface area contributed by atoms with Crippen LogP contribution in [0.4, 0.5) is 0 Å². The van der Waals surface area contributed by atoms with Crippen molar-refractivity contribution in [2.45, 2.75) is 45.6 Å². The van der Waals surface area contributed by atoms with E-state index in [4.69, 9.17) is 0 Å². The highest BCUT2D eigenvalue weighted by molar-refractivity contribution is 5.70. The molecule has 0 unspecified atom stereocenters. The Labute approximate surface area is 114 Å². The third kappa shape index (κ3) is 1.99. The second-order valence-electron chi connectivity index (χ2n) is 6.40. The number of hydrogen-bond donors (Lipinski definition) is 2. The van der Waals surface area contributed by atoms with Gasteiger partial charge >= 0.3 is 0 Å². The predicted octanol–water partition coefficient (Wildman–Crippen LogP) is 3.66. The Bertz CT molecular complexity index is 532. The molecule has 2 aliphatic rings. The molecular formula is C17H22O2. The van der Waals surface area contributed by atoms with Gasteiger partial charge in [-0.25, -0.2) is 0 Å². The standard InChI is InChI=1S/C17H22O2/c1-11-9-14(18)4-5-15(11)12-7-8-17(2)13(10-12)3-6-16(17)19/h4-5,9-10,13,16,18-19H,3,6-8H2,1-2H3/t13-,16-,17-/m0/s1. The van der Waals surface area contributed by atoms with E-state index in [0.717, 1.165) is 31.2 Å². The average Bonchev–Trinajstić information content (AvgIpc) is 2.66. The Morgan fingerprint density at radius 1 is 1.26 bits per heavy atom. The number of phenols is 1. The van der Waals surface area contributed by atoms with Gasteiger partial charge in [0.2, 0.25) is 0 Å². The number of phenolic OH excluding ortho intramolecular Hbond substituents is 1. The van der Waals surface area contributed by atoms with Crippen LogP contribution in [0.1, 0.15) is 43.7 Å². The van der Waals surface area contributed by atoms with Gasteiger partial charge in [0.1, 0.15) is 5.75 Å². The van der Waals surface area contributed by atoms with Gasteiger partial charge in [0, 0.05) is 5.41 Å². The number of rotatable bonds is 1. The molecule has 2 N–H and O–H groups in total. The topological polar surface area (TPSA) is 40.5 Å². The van der Waals surface area contributed by atoms with Crippen LogP contribution in [-0.4, -0.2) is 16.3 Å². The first-order chi connectivity index (χ1) is 9.00. The highest BCUT2D eigenvalue weighted by Crippen LogP contribution is 2.52. The summed E-state index contributed by atoms with van der Waals surface area (Å²) in [6, 6.07) is 5.61. The van der Waals surface area contributed by atoms with Gasteiger partial charge in [0.15, 0.2) is 0 Å². The van der Waals surface area contributed by atoms with E-state index in [9.17, 15) is 10.2 Å². The lowest BCUT2D eigenvalue weighted by molar-refractivity contribution is 0.0419. The summed E-state index contributed by atoms with van der Waals surface area (Å²) in [5.41, 5.74) is 3.85. The summed E-state index contributed by atoms with van der Waals surface area (Å²) in [7, 11) is 0. The molecule has 3 atom stereocenters. The second kappa shape index (κ2) is 4.38. The molecule has 1 fully saturated rings. The third-order valence-electron chi connectivity index (χ3n) is 5.25. The summed E-state index contributed by atoms with van der Waals surface area (Å²) >= 11 is 0. The number of allylic oxidation sites excluding steroid dienone is 2. The Hall–Kier alpha value is -1.28. The van der Waals surface area contributed by atoms with Gasteiger partial charge in [-0.2, -0.15) is 0 Å². The van der Waals surface area contributed by atoms with E-state index in [-0.39, 0.29) is 11.5 Å². The van der Waals surface area contributed by atoms with E-state index < -0.39 is 0 Å². The Balaban J connectivity index is 1.96. The lowest BCUT2D eigenvalue weighted by atomic mass is 9.69. The van der Waals surface area contributed by atoms with Crippen LogP contribution in [0.15, 0.2) is 24.3 Å². The first-order valence-corrected chi connectivity index (χ1v) is 7.19. The van der Waals surface area contributed by atoms with E-state index >= 15 is 0 Å². The lowest BCUT2D eigenvalue weighted by Crippen LogP contribution is -2.33. The number of fused-ring (bicyclic) bond motifs is 1. The van der Waals surface area contributed by atoms with E-state index in [0.29, 0.717) is 11.7 Å². The van der Waals surface area contributed by atoms with Crippen LogP contribution in [0.25, 0.3) is 5.57 Å². The summed E-state index contributed by atoms with van der Waals surface area (Å²) in [5, 5.41) is 19.7. The molecule has 3 rings (SSSR count). The molecule has 19 heavy (non-hydrogen) atoms. The zero-order valence-electron chi connectivity index (χ0n) is 11.7. The quantitative estimate of drug-likeness (QED) is 0.807. The van der Waals surface area contributed by atoms with Crippen molar-refractivity contribution in [2.75, 3.05) is 0 Å². The smallest absolute Gasteiger partial charge is 0.115 e. The number of aliphatic hydroxyl groups excluding tert-OH is 1. The van der Waals surface area contributed by atoms with Gasteiger partial charge in [0.05, 0.1) is 6.10 Å². The van der Waals surface area contributed by atoms with Crippen LogP contribution in [0.3, 0.4) is 0 Å². The molecule has 0 aromatic heterocycles. The predicted molar refractivity (Wildman–Crippen MR) is 76.9 cm³/mol. The van der Waals surface area contributed by atoms with Crippen molar-refractivity contribution in [3.05, 3.63) is 35.4 Å². The van der Waals surface area contributed by atoms with Crippen molar-refractivity contribution in [3.63, 3.8) is 0 Å². The number of aliphatic hydroxyl groups is 1. The first kappa shape index (κ1) is 12.7. The minimum Gasteiger partial charge on any atom is -0.508 e. The molecule has 1 aromatic carbocycles. The van der Waals surface area contributed by atoms with Crippen molar-refractivity contribution in [1.29, 1.82) is 0 Å². The summed E-state index contributed by atoms with van der Waals surface area (Å²) in [4.78, 5) is 0. The van der Waals surface area contributed by atoms with E-state index in [1.54, 1.807) is 6.07 Å². The summed E-state index contributed by atoms with van der Waals surface area (Å²) in [6.07, 6.45) is 6.34. The van der Waals surface area contributed by atoms with Crippen LogP contribution in [0.2, 0.25) is 0 Å². The Kier molecular flexibility index (Phi) is 2.94. The van der Waals surface area contributed by atoms with E-state index in [2.05, 4.69) is 13.0 Å². The van der Waals surface area contributed by atoms with Gasteiger partial charge in [-0.05, 0) is 67.4 Å². The number of hydrogen-bond acceptors (Lipinski definition) is 2. The average molecular weight is 258 g/mol. The highest BCUT2D eigenvalue weighted by Gasteiger charge is 2.46. The normalized spacial score (nSPS) is 33.9. The van der Waals surface area contributed by atoms with Crippen molar-refractivity contribution in [2.24, 2.45) is 11.3 Å². The van der Waals surface area contributed by atoms with Crippen LogP contribution in [0.5, 0.6) is 5.75 Å². The molecular weight excluding hydrogens is 236 g/mol.